The molecule has 2 aromatic rings. The van der Waals surface area contributed by atoms with E-state index in [0.717, 1.165) is 4.70 Å². The molecule has 20 heavy (non-hydrogen) atoms. The smallest absolute Gasteiger partial charge is 0.268 e. The maximum Gasteiger partial charge on any atom is 0.268 e. The summed E-state index contributed by atoms with van der Waals surface area (Å²) in [6.07, 6.45) is 0. The molecule has 0 unspecified atom stereocenters. The number of halogens is 2. The molecule has 0 aliphatic carbocycles. The maximum absolute atomic E-state index is 11.8. The van der Waals surface area contributed by atoms with Crippen LogP contribution in [-0.4, -0.2) is 41.6 Å². The van der Waals surface area contributed by atoms with Gasteiger partial charge in [-0.25, -0.2) is 0 Å². The largest absolute Gasteiger partial charge is 0.395 e. The quantitative estimate of drug-likeness (QED) is 0.664. The van der Waals surface area contributed by atoms with Crippen LogP contribution in [0.15, 0.2) is 6.07 Å². The van der Waals surface area contributed by atoms with Crippen molar-refractivity contribution in [3.05, 3.63) is 21.1 Å². The zero-order valence-corrected chi connectivity index (χ0v) is 12.5. The van der Waals surface area contributed by atoms with Gasteiger partial charge in [-0.15, -0.1) is 11.3 Å². The molecule has 0 spiro atoms. The lowest BCUT2D eigenvalue weighted by atomic mass is 10.4. The number of carbonyl (C=O) groups excluding carboxylic acids is 2. The van der Waals surface area contributed by atoms with E-state index in [0.29, 0.717) is 20.6 Å². The monoisotopic (exact) mass is 335 g/mol. The lowest BCUT2D eigenvalue weighted by Gasteiger charge is -2.04. The Morgan fingerprint density at radius 1 is 1.35 bits per heavy atom. The Bertz CT molecular complexity index is 653. The first-order valence-electron chi connectivity index (χ1n) is 5.65. The Kier molecular flexibility index (Phi) is 4.87. The SMILES string of the molecule is O=C(CNC(=O)c1cc2sc(Cl)c(Cl)c2[nH]1)NCCO. The minimum Gasteiger partial charge on any atom is -0.395 e. The molecule has 0 aliphatic heterocycles. The molecular formula is C11H11Cl2N3O3S. The average Bonchev–Trinajstić information content (AvgIpc) is 2.95. The van der Waals surface area contributed by atoms with Crippen LogP contribution in [-0.2, 0) is 4.79 Å². The van der Waals surface area contributed by atoms with Gasteiger partial charge < -0.3 is 20.7 Å². The van der Waals surface area contributed by atoms with Gasteiger partial charge in [-0.3, -0.25) is 9.59 Å². The van der Waals surface area contributed by atoms with Crippen molar-refractivity contribution < 1.29 is 14.7 Å². The summed E-state index contributed by atoms with van der Waals surface area (Å²) >= 11 is 13.1. The maximum atomic E-state index is 11.8. The molecule has 9 heteroatoms. The second-order valence-electron chi connectivity index (χ2n) is 3.87. The van der Waals surface area contributed by atoms with Gasteiger partial charge >= 0.3 is 0 Å². The molecule has 0 saturated carbocycles. The normalized spacial score (nSPS) is 10.8. The Morgan fingerprint density at radius 2 is 2.10 bits per heavy atom. The number of carbonyl (C=O) groups is 2. The minimum absolute atomic E-state index is 0.147. The van der Waals surface area contributed by atoms with Crippen LogP contribution >= 0.6 is 34.5 Å². The van der Waals surface area contributed by atoms with Crippen molar-refractivity contribution in [3.8, 4) is 0 Å². The van der Waals surface area contributed by atoms with Crippen molar-refractivity contribution in [2.45, 2.75) is 0 Å². The third-order valence-electron chi connectivity index (χ3n) is 2.46. The summed E-state index contributed by atoms with van der Waals surface area (Å²) in [6, 6.07) is 1.62. The Morgan fingerprint density at radius 3 is 2.75 bits per heavy atom. The molecule has 4 N–H and O–H groups in total. The van der Waals surface area contributed by atoms with Crippen molar-refractivity contribution in [1.82, 2.24) is 15.6 Å². The van der Waals surface area contributed by atoms with Gasteiger partial charge in [-0.05, 0) is 6.07 Å². The zero-order valence-electron chi connectivity index (χ0n) is 10.1. The Hall–Kier alpha value is -1.28. The summed E-state index contributed by atoms with van der Waals surface area (Å²) in [7, 11) is 0. The molecule has 0 radical (unpaired) electrons. The van der Waals surface area contributed by atoms with Crippen LogP contribution in [0.4, 0.5) is 0 Å². The van der Waals surface area contributed by atoms with E-state index >= 15 is 0 Å². The number of nitrogens with one attached hydrogen (secondary N) is 3. The highest BCUT2D eigenvalue weighted by Gasteiger charge is 2.16. The van der Waals surface area contributed by atoms with Gasteiger partial charge in [-0.2, -0.15) is 0 Å². The molecule has 0 aromatic carbocycles. The predicted molar refractivity (Wildman–Crippen MR) is 78.6 cm³/mol. The molecule has 2 aromatic heterocycles. The van der Waals surface area contributed by atoms with Crippen LogP contribution in [0.3, 0.4) is 0 Å². The van der Waals surface area contributed by atoms with Gasteiger partial charge in [-0.1, -0.05) is 23.2 Å². The molecule has 2 amide bonds. The first-order valence-corrected chi connectivity index (χ1v) is 7.22. The summed E-state index contributed by atoms with van der Waals surface area (Å²) in [6.45, 7) is -0.160. The van der Waals surface area contributed by atoms with E-state index in [2.05, 4.69) is 15.6 Å². The number of H-pyrrole nitrogens is 1. The summed E-state index contributed by atoms with van der Waals surface area (Å²) in [5.74, 6) is -0.790. The van der Waals surface area contributed by atoms with E-state index < -0.39 is 5.91 Å². The number of aromatic amines is 1. The van der Waals surface area contributed by atoms with Crippen molar-refractivity contribution in [3.63, 3.8) is 0 Å². The molecule has 0 atom stereocenters. The second-order valence-corrected chi connectivity index (χ2v) is 5.90. The van der Waals surface area contributed by atoms with Gasteiger partial charge in [0.1, 0.15) is 10.0 Å². The topological polar surface area (TPSA) is 94.2 Å². The first kappa shape index (κ1) is 15.1. The van der Waals surface area contributed by atoms with E-state index in [4.69, 9.17) is 28.3 Å². The highest BCUT2D eigenvalue weighted by atomic mass is 35.5. The molecule has 0 fully saturated rings. The number of fused-ring (bicyclic) bond motifs is 1. The van der Waals surface area contributed by atoms with Crippen molar-refractivity contribution in [2.75, 3.05) is 19.7 Å². The summed E-state index contributed by atoms with van der Waals surface area (Å²) < 4.78 is 1.23. The number of aliphatic hydroxyl groups excluding tert-OH is 1. The van der Waals surface area contributed by atoms with Crippen molar-refractivity contribution >= 4 is 56.6 Å². The molecule has 0 bridgehead atoms. The van der Waals surface area contributed by atoms with Gasteiger partial charge in [0.2, 0.25) is 5.91 Å². The molecule has 0 aliphatic rings. The summed E-state index contributed by atoms with van der Waals surface area (Å²) in [4.78, 5) is 26.0. The lowest BCUT2D eigenvalue weighted by Crippen LogP contribution is -2.38. The van der Waals surface area contributed by atoms with Crippen LogP contribution in [0.25, 0.3) is 10.2 Å². The third kappa shape index (κ3) is 3.24. The van der Waals surface area contributed by atoms with Crippen molar-refractivity contribution in [1.29, 1.82) is 0 Å². The van der Waals surface area contributed by atoms with Crippen LogP contribution in [0.2, 0.25) is 9.36 Å². The number of hydrogen-bond donors (Lipinski definition) is 4. The standard InChI is InChI=1S/C11H11Cl2N3O3S/c12-8-9-6(20-10(8)13)3-5(16-9)11(19)15-4-7(18)14-1-2-17/h3,16-17H,1-2,4H2,(H,14,18)(H,15,19). The number of rotatable bonds is 5. The van der Waals surface area contributed by atoms with E-state index in [-0.39, 0.29) is 25.6 Å². The van der Waals surface area contributed by atoms with Gasteiger partial charge in [0.15, 0.2) is 0 Å². The van der Waals surface area contributed by atoms with Gasteiger partial charge in [0.25, 0.3) is 5.91 Å². The molecule has 0 saturated heterocycles. The fourth-order valence-electron chi connectivity index (χ4n) is 1.55. The predicted octanol–water partition coefficient (Wildman–Crippen LogP) is 1.37. The van der Waals surface area contributed by atoms with Gasteiger partial charge in [0, 0.05) is 6.54 Å². The summed E-state index contributed by atoms with van der Waals surface area (Å²) in [5.41, 5.74) is 0.913. The Balaban J connectivity index is 1.99. The number of amides is 2. The molecule has 2 rings (SSSR count). The molecule has 2 heterocycles. The number of aromatic nitrogens is 1. The molecule has 108 valence electrons. The lowest BCUT2D eigenvalue weighted by molar-refractivity contribution is -0.120. The average molecular weight is 336 g/mol. The van der Waals surface area contributed by atoms with E-state index in [1.54, 1.807) is 6.07 Å². The fourth-order valence-corrected chi connectivity index (χ4v) is 3.04. The number of aliphatic hydroxyl groups is 1. The molecule has 6 nitrogen and oxygen atoms in total. The number of hydrogen-bond acceptors (Lipinski definition) is 4. The van der Waals surface area contributed by atoms with E-state index in [9.17, 15) is 9.59 Å². The minimum atomic E-state index is -0.417. The highest BCUT2D eigenvalue weighted by Crippen LogP contribution is 2.38. The van der Waals surface area contributed by atoms with Gasteiger partial charge in [0.05, 0.1) is 28.4 Å². The van der Waals surface area contributed by atoms with E-state index in [1.165, 1.54) is 11.3 Å². The van der Waals surface area contributed by atoms with E-state index in [1.807, 2.05) is 0 Å². The zero-order chi connectivity index (χ0) is 14.7. The van der Waals surface area contributed by atoms with Crippen molar-refractivity contribution in [2.24, 2.45) is 0 Å². The summed E-state index contributed by atoms with van der Waals surface area (Å²) in [5, 5.41) is 13.8. The van der Waals surface area contributed by atoms with Crippen LogP contribution in [0.5, 0.6) is 0 Å². The molecular weight excluding hydrogens is 325 g/mol. The van der Waals surface area contributed by atoms with Crippen LogP contribution in [0.1, 0.15) is 10.5 Å². The van der Waals surface area contributed by atoms with Crippen LogP contribution < -0.4 is 10.6 Å². The first-order chi connectivity index (χ1) is 9.52. The third-order valence-corrected chi connectivity index (χ3v) is 4.39. The Labute approximate surface area is 128 Å². The second kappa shape index (κ2) is 6.45. The fraction of sp³-hybridized carbons (Fsp3) is 0.273. The highest BCUT2D eigenvalue weighted by molar-refractivity contribution is 7.23. The number of thiophene rings is 1. The van der Waals surface area contributed by atoms with Crippen LogP contribution in [0, 0.1) is 0 Å².